The third-order valence-electron chi connectivity index (χ3n) is 2.24. The fourth-order valence-corrected chi connectivity index (χ4v) is 1.84. The molecule has 0 atom stereocenters. The lowest BCUT2D eigenvalue weighted by Crippen LogP contribution is -2.34. The summed E-state index contributed by atoms with van der Waals surface area (Å²) in [6.07, 6.45) is 0.899. The molecule has 1 rings (SSSR count). The molecule has 4 heteroatoms. The van der Waals surface area contributed by atoms with Crippen LogP contribution in [0.3, 0.4) is 0 Å². The fourth-order valence-electron chi connectivity index (χ4n) is 1.48. The maximum absolute atomic E-state index is 12.0. The van der Waals surface area contributed by atoms with E-state index < -0.39 is 0 Å². The van der Waals surface area contributed by atoms with Gasteiger partial charge < -0.3 is 10.0 Å². The SMILES string of the molecule is CCCN(CCO)C(=O)c1ccc(I)cc1. The van der Waals surface area contributed by atoms with E-state index in [0.29, 0.717) is 18.7 Å². The lowest BCUT2D eigenvalue weighted by atomic mass is 10.2. The molecule has 0 radical (unpaired) electrons. The first-order valence-electron chi connectivity index (χ1n) is 5.34. The van der Waals surface area contributed by atoms with Crippen molar-refractivity contribution in [3.05, 3.63) is 33.4 Å². The summed E-state index contributed by atoms with van der Waals surface area (Å²) in [5, 5.41) is 8.91. The summed E-state index contributed by atoms with van der Waals surface area (Å²) in [5.74, 6) is -0.00713. The zero-order chi connectivity index (χ0) is 12.0. The minimum absolute atomic E-state index is 0.00713. The number of rotatable bonds is 5. The van der Waals surface area contributed by atoms with Crippen molar-refractivity contribution in [1.29, 1.82) is 0 Å². The Bertz CT molecular complexity index is 331. The van der Waals surface area contributed by atoms with Crippen molar-refractivity contribution < 1.29 is 9.90 Å². The van der Waals surface area contributed by atoms with Crippen LogP contribution in [0.5, 0.6) is 0 Å². The smallest absolute Gasteiger partial charge is 0.253 e. The van der Waals surface area contributed by atoms with Crippen LogP contribution in [0.1, 0.15) is 23.7 Å². The van der Waals surface area contributed by atoms with Gasteiger partial charge in [0.1, 0.15) is 0 Å². The Balaban J connectivity index is 2.77. The second-order valence-corrected chi connectivity index (χ2v) is 4.77. The quantitative estimate of drug-likeness (QED) is 0.839. The lowest BCUT2D eigenvalue weighted by Gasteiger charge is -2.21. The largest absolute Gasteiger partial charge is 0.395 e. The summed E-state index contributed by atoms with van der Waals surface area (Å²) < 4.78 is 1.11. The Hall–Kier alpha value is -0.620. The third-order valence-corrected chi connectivity index (χ3v) is 2.96. The number of carbonyl (C=O) groups excluding carboxylic acids is 1. The van der Waals surface area contributed by atoms with Crippen molar-refractivity contribution in [3.63, 3.8) is 0 Å². The van der Waals surface area contributed by atoms with Crippen LogP contribution in [0.2, 0.25) is 0 Å². The highest BCUT2D eigenvalue weighted by molar-refractivity contribution is 14.1. The molecule has 0 saturated heterocycles. The van der Waals surface area contributed by atoms with Crippen LogP contribution < -0.4 is 0 Å². The lowest BCUT2D eigenvalue weighted by molar-refractivity contribution is 0.0722. The zero-order valence-corrected chi connectivity index (χ0v) is 11.5. The van der Waals surface area contributed by atoms with E-state index in [1.807, 2.05) is 31.2 Å². The zero-order valence-electron chi connectivity index (χ0n) is 9.32. The van der Waals surface area contributed by atoms with Gasteiger partial charge in [0.05, 0.1) is 6.61 Å². The molecule has 1 aromatic rings. The van der Waals surface area contributed by atoms with Crippen LogP contribution in [0.4, 0.5) is 0 Å². The highest BCUT2D eigenvalue weighted by Gasteiger charge is 2.13. The average molecular weight is 333 g/mol. The molecule has 0 heterocycles. The van der Waals surface area contributed by atoms with E-state index in [4.69, 9.17) is 5.11 Å². The monoisotopic (exact) mass is 333 g/mol. The predicted octanol–water partition coefficient (Wildman–Crippen LogP) is 2.14. The van der Waals surface area contributed by atoms with Gasteiger partial charge in [0.25, 0.3) is 5.91 Å². The van der Waals surface area contributed by atoms with E-state index >= 15 is 0 Å². The molecule has 0 fully saturated rings. The Labute approximate surface area is 110 Å². The Morgan fingerprint density at radius 2 is 1.94 bits per heavy atom. The van der Waals surface area contributed by atoms with Gasteiger partial charge in [-0.3, -0.25) is 4.79 Å². The number of nitrogens with zero attached hydrogens (tertiary/aromatic N) is 1. The summed E-state index contributed by atoms with van der Waals surface area (Å²) in [5.41, 5.74) is 0.683. The molecule has 0 unspecified atom stereocenters. The van der Waals surface area contributed by atoms with Crippen molar-refractivity contribution >= 4 is 28.5 Å². The summed E-state index contributed by atoms with van der Waals surface area (Å²) in [4.78, 5) is 13.7. The second-order valence-electron chi connectivity index (χ2n) is 3.52. The Kier molecular flexibility index (Phi) is 5.76. The highest BCUT2D eigenvalue weighted by Crippen LogP contribution is 2.09. The standard InChI is InChI=1S/C12H16INO2/c1-2-7-14(8-9-15)12(16)10-3-5-11(13)6-4-10/h3-6,15H,2,7-9H2,1H3. The molecule has 88 valence electrons. The molecule has 1 aromatic carbocycles. The molecule has 1 amide bonds. The van der Waals surface area contributed by atoms with E-state index in [9.17, 15) is 4.79 Å². The summed E-state index contributed by atoms with van der Waals surface area (Å²) in [6, 6.07) is 7.47. The average Bonchev–Trinajstić information content (AvgIpc) is 2.29. The van der Waals surface area contributed by atoms with E-state index in [-0.39, 0.29) is 12.5 Å². The van der Waals surface area contributed by atoms with E-state index in [1.54, 1.807) is 4.90 Å². The molecule has 1 N–H and O–H groups in total. The van der Waals surface area contributed by atoms with Gasteiger partial charge in [-0.25, -0.2) is 0 Å². The van der Waals surface area contributed by atoms with Gasteiger partial charge in [-0.2, -0.15) is 0 Å². The van der Waals surface area contributed by atoms with Crippen molar-refractivity contribution in [2.45, 2.75) is 13.3 Å². The number of aliphatic hydroxyl groups excluding tert-OH is 1. The van der Waals surface area contributed by atoms with Crippen LogP contribution in [-0.2, 0) is 0 Å². The van der Waals surface area contributed by atoms with Crippen LogP contribution in [-0.4, -0.2) is 35.6 Å². The molecule has 0 aromatic heterocycles. The van der Waals surface area contributed by atoms with Crippen molar-refractivity contribution in [2.75, 3.05) is 19.7 Å². The summed E-state index contributed by atoms with van der Waals surface area (Å²) in [6.45, 7) is 3.12. The number of benzene rings is 1. The molecule has 16 heavy (non-hydrogen) atoms. The van der Waals surface area contributed by atoms with Gasteiger partial charge in [0, 0.05) is 22.2 Å². The molecule has 0 bridgehead atoms. The number of carbonyl (C=O) groups is 1. The van der Waals surface area contributed by atoms with E-state index in [1.165, 1.54) is 0 Å². The maximum Gasteiger partial charge on any atom is 0.253 e. The number of aliphatic hydroxyl groups is 1. The van der Waals surface area contributed by atoms with Gasteiger partial charge in [-0.1, -0.05) is 6.92 Å². The second kappa shape index (κ2) is 6.85. The molecular weight excluding hydrogens is 317 g/mol. The highest BCUT2D eigenvalue weighted by atomic mass is 127. The van der Waals surface area contributed by atoms with Crippen molar-refractivity contribution in [3.8, 4) is 0 Å². The molecule has 0 aliphatic rings. The number of halogens is 1. The summed E-state index contributed by atoms with van der Waals surface area (Å²) >= 11 is 2.21. The molecule has 0 saturated carbocycles. The molecule has 0 aliphatic heterocycles. The van der Waals surface area contributed by atoms with Crippen molar-refractivity contribution in [2.24, 2.45) is 0 Å². The first-order chi connectivity index (χ1) is 7.69. The van der Waals surface area contributed by atoms with Gasteiger partial charge in [-0.15, -0.1) is 0 Å². The van der Waals surface area contributed by atoms with Gasteiger partial charge in [0.2, 0.25) is 0 Å². The molecule has 3 nitrogen and oxygen atoms in total. The minimum Gasteiger partial charge on any atom is -0.395 e. The minimum atomic E-state index is -0.00713. The van der Waals surface area contributed by atoms with E-state index in [2.05, 4.69) is 22.6 Å². The van der Waals surface area contributed by atoms with Crippen LogP contribution in [0.15, 0.2) is 24.3 Å². The first-order valence-corrected chi connectivity index (χ1v) is 6.42. The Morgan fingerprint density at radius 1 is 1.31 bits per heavy atom. The normalized spacial score (nSPS) is 10.2. The molecule has 0 aliphatic carbocycles. The van der Waals surface area contributed by atoms with Gasteiger partial charge in [-0.05, 0) is 53.3 Å². The first kappa shape index (κ1) is 13.4. The van der Waals surface area contributed by atoms with Gasteiger partial charge in [0.15, 0.2) is 0 Å². The molecular formula is C12H16INO2. The maximum atomic E-state index is 12.0. The predicted molar refractivity (Wildman–Crippen MR) is 72.4 cm³/mol. The van der Waals surface area contributed by atoms with Crippen LogP contribution in [0.25, 0.3) is 0 Å². The van der Waals surface area contributed by atoms with Crippen LogP contribution in [0, 0.1) is 3.57 Å². The van der Waals surface area contributed by atoms with Gasteiger partial charge >= 0.3 is 0 Å². The number of amides is 1. The number of hydrogen-bond acceptors (Lipinski definition) is 2. The molecule has 0 spiro atoms. The Morgan fingerprint density at radius 3 is 2.44 bits per heavy atom. The van der Waals surface area contributed by atoms with Crippen LogP contribution >= 0.6 is 22.6 Å². The fraction of sp³-hybridized carbons (Fsp3) is 0.417. The van der Waals surface area contributed by atoms with Crippen molar-refractivity contribution in [1.82, 2.24) is 4.90 Å². The third kappa shape index (κ3) is 3.75. The number of hydrogen-bond donors (Lipinski definition) is 1. The topological polar surface area (TPSA) is 40.5 Å². The van der Waals surface area contributed by atoms with E-state index in [0.717, 1.165) is 9.99 Å². The summed E-state index contributed by atoms with van der Waals surface area (Å²) in [7, 11) is 0.